The Hall–Kier alpha value is -2.22. The number of rotatable bonds is 7. The fourth-order valence-electron chi connectivity index (χ4n) is 4.13. The van der Waals surface area contributed by atoms with E-state index < -0.39 is 0 Å². The summed E-state index contributed by atoms with van der Waals surface area (Å²) in [5, 5.41) is 13.0. The van der Waals surface area contributed by atoms with Gasteiger partial charge in [-0.15, -0.1) is 0 Å². The molecule has 1 unspecified atom stereocenters. The molecular formula is C23H32N4O3. The third-order valence-corrected chi connectivity index (χ3v) is 6.18. The first-order chi connectivity index (χ1) is 14.5. The minimum absolute atomic E-state index is 0.240. The minimum atomic E-state index is -0.282. The molecule has 1 aliphatic carbocycles. The molecule has 0 bridgehead atoms. The maximum Gasteiger partial charge on any atom is 0.277 e. The van der Waals surface area contributed by atoms with E-state index in [1.807, 2.05) is 19.9 Å². The zero-order chi connectivity index (χ0) is 21.1. The van der Waals surface area contributed by atoms with Crippen LogP contribution in [0.1, 0.15) is 47.8 Å². The number of β-amino-alcohol motifs (C(OH)–C–C–N with tert-alkyl or cyclic N) is 1. The smallest absolute Gasteiger partial charge is 0.277 e. The Kier molecular flexibility index (Phi) is 6.51. The molecule has 2 aliphatic rings. The summed E-state index contributed by atoms with van der Waals surface area (Å²) < 4.78 is 5.56. The van der Waals surface area contributed by atoms with Crippen LogP contribution in [0.25, 0.3) is 0 Å². The van der Waals surface area contributed by atoms with E-state index in [0.29, 0.717) is 18.1 Å². The second kappa shape index (κ2) is 9.29. The standard InChI is InChI=1S/C23H32N4O3/c1-16(2)21(28)13-26-8-10-27(11-9-26)14-22-25-20(15-30-22)23(29)24-19-7-6-17-4-3-5-18(17)12-19/h6-7,12,15-16,21,28H,3-5,8-11,13-14H2,1-2H3,(H,24,29). The van der Waals surface area contributed by atoms with Gasteiger partial charge >= 0.3 is 0 Å². The molecule has 162 valence electrons. The van der Waals surface area contributed by atoms with Gasteiger partial charge in [0.1, 0.15) is 6.26 Å². The maximum atomic E-state index is 12.5. The van der Waals surface area contributed by atoms with Gasteiger partial charge in [0.05, 0.1) is 12.6 Å². The average Bonchev–Trinajstić information content (AvgIpc) is 3.38. The summed E-state index contributed by atoms with van der Waals surface area (Å²) in [5.74, 6) is 0.594. The van der Waals surface area contributed by atoms with Crippen LogP contribution in [-0.2, 0) is 19.4 Å². The summed E-state index contributed by atoms with van der Waals surface area (Å²) in [6.07, 6.45) is 4.55. The largest absolute Gasteiger partial charge is 0.447 e. The van der Waals surface area contributed by atoms with Gasteiger partial charge in [-0.1, -0.05) is 19.9 Å². The van der Waals surface area contributed by atoms with Gasteiger partial charge in [0, 0.05) is 38.4 Å². The molecule has 2 aromatic rings. The monoisotopic (exact) mass is 412 g/mol. The van der Waals surface area contributed by atoms with Crippen LogP contribution in [0.3, 0.4) is 0 Å². The van der Waals surface area contributed by atoms with E-state index >= 15 is 0 Å². The molecule has 0 saturated carbocycles. The summed E-state index contributed by atoms with van der Waals surface area (Å²) in [6.45, 7) is 9.01. The van der Waals surface area contributed by atoms with E-state index in [0.717, 1.165) is 51.3 Å². The van der Waals surface area contributed by atoms with Crippen LogP contribution in [0.5, 0.6) is 0 Å². The van der Waals surface area contributed by atoms with Gasteiger partial charge in [0.15, 0.2) is 5.69 Å². The summed E-state index contributed by atoms with van der Waals surface area (Å²) >= 11 is 0. The molecule has 1 aromatic heterocycles. The number of anilines is 1. The Morgan fingerprint density at radius 2 is 1.90 bits per heavy atom. The van der Waals surface area contributed by atoms with Gasteiger partial charge in [0.2, 0.25) is 5.89 Å². The number of aliphatic hydroxyl groups excluding tert-OH is 1. The zero-order valence-electron chi connectivity index (χ0n) is 17.9. The van der Waals surface area contributed by atoms with Crippen molar-refractivity contribution in [2.24, 2.45) is 5.92 Å². The predicted molar refractivity (Wildman–Crippen MR) is 115 cm³/mol. The van der Waals surface area contributed by atoms with E-state index in [4.69, 9.17) is 4.42 Å². The second-order valence-electron chi connectivity index (χ2n) is 8.81. The number of hydrogen-bond acceptors (Lipinski definition) is 6. The van der Waals surface area contributed by atoms with E-state index in [9.17, 15) is 9.90 Å². The van der Waals surface area contributed by atoms with Crippen molar-refractivity contribution in [1.82, 2.24) is 14.8 Å². The second-order valence-corrected chi connectivity index (χ2v) is 8.81. The highest BCUT2D eigenvalue weighted by Crippen LogP contribution is 2.25. The van der Waals surface area contributed by atoms with Gasteiger partial charge in [-0.05, 0) is 48.4 Å². The molecule has 1 atom stereocenters. The quantitative estimate of drug-likeness (QED) is 0.727. The Morgan fingerprint density at radius 3 is 2.67 bits per heavy atom. The summed E-state index contributed by atoms with van der Waals surface area (Å²) in [6, 6.07) is 6.13. The molecule has 0 radical (unpaired) electrons. The normalized spacial score (nSPS) is 18.5. The highest BCUT2D eigenvalue weighted by molar-refractivity contribution is 6.02. The van der Waals surface area contributed by atoms with Crippen LogP contribution in [0, 0.1) is 5.92 Å². The number of carbonyl (C=O) groups is 1. The number of benzene rings is 1. The highest BCUT2D eigenvalue weighted by Gasteiger charge is 2.22. The Labute approximate surface area is 178 Å². The lowest BCUT2D eigenvalue weighted by Crippen LogP contribution is -2.48. The van der Waals surface area contributed by atoms with Crippen molar-refractivity contribution >= 4 is 11.6 Å². The minimum Gasteiger partial charge on any atom is -0.447 e. The fourth-order valence-corrected chi connectivity index (χ4v) is 4.13. The number of fused-ring (bicyclic) bond motifs is 1. The number of aryl methyl sites for hydroxylation is 2. The molecule has 1 fully saturated rings. The van der Waals surface area contributed by atoms with Gasteiger partial charge < -0.3 is 14.8 Å². The zero-order valence-corrected chi connectivity index (χ0v) is 17.9. The van der Waals surface area contributed by atoms with E-state index in [2.05, 4.69) is 32.2 Å². The number of piperazine rings is 1. The first-order valence-corrected chi connectivity index (χ1v) is 11.0. The number of aromatic nitrogens is 1. The molecule has 2 N–H and O–H groups in total. The third-order valence-electron chi connectivity index (χ3n) is 6.18. The van der Waals surface area contributed by atoms with Crippen LogP contribution in [-0.4, -0.2) is 64.6 Å². The highest BCUT2D eigenvalue weighted by atomic mass is 16.3. The molecule has 7 heteroatoms. The average molecular weight is 413 g/mol. The number of amides is 1. The van der Waals surface area contributed by atoms with Crippen molar-refractivity contribution in [2.45, 2.75) is 45.8 Å². The van der Waals surface area contributed by atoms with E-state index in [-0.39, 0.29) is 17.9 Å². The van der Waals surface area contributed by atoms with Crippen molar-refractivity contribution < 1.29 is 14.3 Å². The lowest BCUT2D eigenvalue weighted by atomic mass is 10.1. The number of hydrogen-bond donors (Lipinski definition) is 2. The molecule has 1 amide bonds. The van der Waals surface area contributed by atoms with Crippen LogP contribution >= 0.6 is 0 Å². The molecule has 4 rings (SSSR count). The van der Waals surface area contributed by atoms with Crippen LogP contribution < -0.4 is 5.32 Å². The van der Waals surface area contributed by atoms with E-state index in [1.165, 1.54) is 23.8 Å². The lowest BCUT2D eigenvalue weighted by Gasteiger charge is -2.35. The molecule has 1 saturated heterocycles. The first-order valence-electron chi connectivity index (χ1n) is 11.0. The number of nitrogens with one attached hydrogen (secondary N) is 1. The lowest BCUT2D eigenvalue weighted by molar-refractivity contribution is 0.0463. The van der Waals surface area contributed by atoms with Crippen LogP contribution in [0.4, 0.5) is 5.69 Å². The Bertz CT molecular complexity index is 871. The summed E-state index contributed by atoms with van der Waals surface area (Å²) in [7, 11) is 0. The van der Waals surface area contributed by atoms with E-state index in [1.54, 1.807) is 0 Å². The molecule has 1 aliphatic heterocycles. The summed E-state index contributed by atoms with van der Waals surface area (Å²) in [5.41, 5.74) is 3.83. The van der Waals surface area contributed by atoms with Crippen molar-refractivity contribution in [3.8, 4) is 0 Å². The number of carbonyl (C=O) groups excluding carboxylic acids is 1. The SMILES string of the molecule is CC(C)C(O)CN1CCN(Cc2nc(C(=O)Nc3ccc4c(c3)CCC4)co2)CC1. The molecule has 7 nitrogen and oxygen atoms in total. The topological polar surface area (TPSA) is 81.8 Å². The van der Waals surface area contributed by atoms with Crippen LogP contribution in [0.15, 0.2) is 28.9 Å². The fraction of sp³-hybridized carbons (Fsp3) is 0.565. The molecule has 0 spiro atoms. The van der Waals surface area contributed by atoms with Crippen molar-refractivity contribution in [3.63, 3.8) is 0 Å². The van der Waals surface area contributed by atoms with Gasteiger partial charge in [-0.3, -0.25) is 14.6 Å². The van der Waals surface area contributed by atoms with Gasteiger partial charge in [-0.2, -0.15) is 0 Å². The summed E-state index contributed by atoms with van der Waals surface area (Å²) in [4.78, 5) is 21.5. The number of oxazole rings is 1. The molecular weight excluding hydrogens is 380 g/mol. The van der Waals surface area contributed by atoms with Gasteiger partial charge in [-0.25, -0.2) is 4.98 Å². The predicted octanol–water partition coefficient (Wildman–Crippen LogP) is 2.55. The Morgan fingerprint density at radius 1 is 1.17 bits per heavy atom. The maximum absolute atomic E-state index is 12.5. The molecule has 2 heterocycles. The third kappa shape index (κ3) is 5.09. The molecule has 30 heavy (non-hydrogen) atoms. The number of aliphatic hydroxyl groups is 1. The number of nitrogens with zero attached hydrogens (tertiary/aromatic N) is 3. The molecule has 1 aromatic carbocycles. The van der Waals surface area contributed by atoms with Crippen LogP contribution in [0.2, 0.25) is 0 Å². The van der Waals surface area contributed by atoms with Crippen molar-refractivity contribution in [1.29, 1.82) is 0 Å². The Balaban J connectivity index is 1.27. The van der Waals surface area contributed by atoms with Crippen molar-refractivity contribution in [2.75, 3.05) is 38.0 Å². The van der Waals surface area contributed by atoms with Gasteiger partial charge in [0.25, 0.3) is 5.91 Å². The first kappa shape index (κ1) is 21.0. The van der Waals surface area contributed by atoms with Crippen molar-refractivity contribution in [3.05, 3.63) is 47.2 Å².